The average Bonchev–Trinajstić information content (AvgIpc) is 3.03. The number of aromatic nitrogens is 3. The minimum Gasteiger partial charge on any atom is -0.493 e. The summed E-state index contributed by atoms with van der Waals surface area (Å²) in [6, 6.07) is 17.1. The van der Waals surface area contributed by atoms with Crippen LogP contribution in [-0.2, 0) is 11.2 Å². The van der Waals surface area contributed by atoms with Crippen LogP contribution in [0.2, 0.25) is 0 Å². The molecule has 2 aromatic heterocycles. The van der Waals surface area contributed by atoms with Crippen LogP contribution in [0.4, 0.5) is 11.5 Å². The highest BCUT2D eigenvalue weighted by molar-refractivity contribution is 5.91. The first-order valence-corrected chi connectivity index (χ1v) is 14.5. The number of fused-ring (bicyclic) bond motifs is 1. The molecule has 0 saturated heterocycles. The van der Waals surface area contributed by atoms with Crippen molar-refractivity contribution in [3.8, 4) is 23.1 Å². The van der Waals surface area contributed by atoms with Crippen molar-refractivity contribution >= 4 is 46.7 Å². The molecule has 0 fully saturated rings. The van der Waals surface area contributed by atoms with E-state index in [1.165, 1.54) is 6.33 Å². The molecule has 0 radical (unpaired) electrons. The number of nitrogens with one attached hydrogen (secondary N) is 1. The van der Waals surface area contributed by atoms with Gasteiger partial charge in [-0.2, -0.15) is 0 Å². The Labute approximate surface area is 277 Å². The highest BCUT2D eigenvalue weighted by Crippen LogP contribution is 2.35. The standard InChI is InChI=1S/C25H25N5O4.C8H17N3.ClH/c1-30(2)17-7-10-23(26-14-17)29-24(31)11-16-5-8-18(9-6-16)34-25-19-12-21(32-3)22(33-4)13-20(19)27-15-28-25;1-4-9-8-10-6-5-7-11(2)3;/h5-10,12-15H,11H2,1-4H3,(H,26,29,31);4-7H2,1-3H3;1H. The molecule has 4 aromatic rings. The molecule has 1 amide bonds. The molecule has 4 rings (SSSR count). The van der Waals surface area contributed by atoms with Gasteiger partial charge in [0.1, 0.15) is 17.9 Å². The van der Waals surface area contributed by atoms with Crippen LogP contribution in [0.5, 0.6) is 23.1 Å². The molecule has 0 unspecified atom stereocenters. The van der Waals surface area contributed by atoms with Crippen LogP contribution in [0.3, 0.4) is 0 Å². The first-order chi connectivity index (χ1) is 21.7. The predicted octanol–water partition coefficient (Wildman–Crippen LogP) is 5.64. The fourth-order valence-electron chi connectivity index (χ4n) is 3.96. The maximum absolute atomic E-state index is 12.4. The maximum Gasteiger partial charge on any atom is 0.230 e. The normalized spacial score (nSPS) is 10.1. The number of carbonyl (C=O) groups is 1. The van der Waals surface area contributed by atoms with Crippen molar-refractivity contribution < 1.29 is 19.0 Å². The first kappa shape index (κ1) is 37.4. The largest absolute Gasteiger partial charge is 0.493 e. The van der Waals surface area contributed by atoms with Crippen LogP contribution in [0.15, 0.2) is 71.0 Å². The van der Waals surface area contributed by atoms with Gasteiger partial charge in [-0.05, 0) is 69.9 Å². The van der Waals surface area contributed by atoms with Crippen LogP contribution in [0.25, 0.3) is 10.9 Å². The highest BCUT2D eigenvalue weighted by Gasteiger charge is 2.13. The van der Waals surface area contributed by atoms with Gasteiger partial charge >= 0.3 is 0 Å². The molecule has 2 heterocycles. The molecule has 0 bridgehead atoms. The van der Waals surface area contributed by atoms with Gasteiger partial charge in [0.05, 0.1) is 56.0 Å². The molecular weight excluding hydrogens is 608 g/mol. The Morgan fingerprint density at radius 1 is 0.935 bits per heavy atom. The summed E-state index contributed by atoms with van der Waals surface area (Å²) >= 11 is 0. The summed E-state index contributed by atoms with van der Waals surface area (Å²) in [5.41, 5.74) is 2.47. The van der Waals surface area contributed by atoms with Crippen molar-refractivity contribution in [2.24, 2.45) is 9.98 Å². The van der Waals surface area contributed by atoms with Gasteiger partial charge in [-0.15, -0.1) is 12.4 Å². The first-order valence-electron chi connectivity index (χ1n) is 14.5. The van der Waals surface area contributed by atoms with E-state index in [9.17, 15) is 4.79 Å². The molecule has 46 heavy (non-hydrogen) atoms. The van der Waals surface area contributed by atoms with Gasteiger partial charge in [-0.1, -0.05) is 12.1 Å². The predicted molar refractivity (Wildman–Crippen MR) is 186 cm³/mol. The van der Waals surface area contributed by atoms with Crippen molar-refractivity contribution in [3.63, 3.8) is 0 Å². The van der Waals surface area contributed by atoms with Gasteiger partial charge in [0.25, 0.3) is 0 Å². The Morgan fingerprint density at radius 3 is 2.26 bits per heavy atom. The summed E-state index contributed by atoms with van der Waals surface area (Å²) in [6.45, 7) is 4.67. The Morgan fingerprint density at radius 2 is 1.65 bits per heavy atom. The summed E-state index contributed by atoms with van der Waals surface area (Å²) in [5, 5.41) is 3.50. The number of amides is 1. The molecule has 0 atom stereocenters. The van der Waals surface area contributed by atoms with E-state index in [0.717, 1.165) is 37.3 Å². The zero-order chi connectivity index (χ0) is 32.6. The van der Waals surface area contributed by atoms with Crippen molar-refractivity contribution in [1.82, 2.24) is 19.9 Å². The summed E-state index contributed by atoms with van der Waals surface area (Å²) in [7, 11) is 11.1. The fourth-order valence-corrected chi connectivity index (χ4v) is 3.96. The summed E-state index contributed by atoms with van der Waals surface area (Å²) in [5.74, 6) is 2.47. The Balaban J connectivity index is 0.000000528. The van der Waals surface area contributed by atoms with E-state index < -0.39 is 0 Å². The minimum absolute atomic E-state index is 0. The van der Waals surface area contributed by atoms with Crippen molar-refractivity contribution in [3.05, 3.63) is 66.6 Å². The van der Waals surface area contributed by atoms with Gasteiger partial charge in [0.15, 0.2) is 11.5 Å². The van der Waals surface area contributed by atoms with Crippen LogP contribution in [0.1, 0.15) is 18.9 Å². The summed E-state index contributed by atoms with van der Waals surface area (Å²) in [6.07, 6.45) is 4.44. The number of carbonyl (C=O) groups excluding carboxylic acids is 1. The van der Waals surface area contributed by atoms with Crippen molar-refractivity contribution in [2.45, 2.75) is 19.8 Å². The number of hydrogen-bond donors (Lipinski definition) is 1. The molecular formula is C33H43ClN8O4. The Kier molecular flexibility index (Phi) is 15.9. The number of methoxy groups -OCH3 is 2. The Bertz CT molecular complexity index is 1580. The number of anilines is 2. The maximum atomic E-state index is 12.4. The van der Waals surface area contributed by atoms with E-state index in [0.29, 0.717) is 39.8 Å². The number of nitrogens with zero attached hydrogens (tertiary/aromatic N) is 7. The number of ether oxygens (including phenoxy) is 3. The van der Waals surface area contributed by atoms with Crippen LogP contribution < -0.4 is 24.4 Å². The molecule has 0 aliphatic rings. The second-order valence-corrected chi connectivity index (χ2v) is 10.3. The number of pyridine rings is 1. The van der Waals surface area contributed by atoms with E-state index in [4.69, 9.17) is 14.2 Å². The Hall–Kier alpha value is -4.77. The van der Waals surface area contributed by atoms with Gasteiger partial charge in [-0.25, -0.2) is 24.9 Å². The lowest BCUT2D eigenvalue weighted by Crippen LogP contribution is -2.15. The summed E-state index contributed by atoms with van der Waals surface area (Å²) in [4.78, 5) is 37.2. The van der Waals surface area contributed by atoms with Gasteiger partial charge in [0.2, 0.25) is 11.8 Å². The molecule has 2 aromatic carbocycles. The minimum atomic E-state index is -0.151. The van der Waals surface area contributed by atoms with Crippen LogP contribution >= 0.6 is 12.4 Å². The molecule has 0 aliphatic carbocycles. The lowest BCUT2D eigenvalue weighted by molar-refractivity contribution is -0.115. The van der Waals surface area contributed by atoms with E-state index in [1.54, 1.807) is 50.7 Å². The van der Waals surface area contributed by atoms with Gasteiger partial charge < -0.3 is 29.3 Å². The number of aliphatic imine (C=N–C) groups is 2. The third-order valence-electron chi connectivity index (χ3n) is 6.31. The molecule has 1 N–H and O–H groups in total. The lowest BCUT2D eigenvalue weighted by atomic mass is 10.1. The second-order valence-electron chi connectivity index (χ2n) is 10.3. The van der Waals surface area contributed by atoms with Crippen LogP contribution in [-0.4, -0.2) is 93.8 Å². The molecule has 0 aliphatic heterocycles. The van der Waals surface area contributed by atoms with Gasteiger partial charge in [-0.3, -0.25) is 4.79 Å². The average molecular weight is 651 g/mol. The smallest absolute Gasteiger partial charge is 0.230 e. The van der Waals surface area contributed by atoms with Crippen LogP contribution in [0, 0.1) is 0 Å². The second kappa shape index (κ2) is 19.6. The van der Waals surface area contributed by atoms with Gasteiger partial charge in [0, 0.05) is 26.7 Å². The summed E-state index contributed by atoms with van der Waals surface area (Å²) < 4.78 is 16.7. The van der Waals surface area contributed by atoms with Crippen molar-refractivity contribution in [1.29, 1.82) is 0 Å². The zero-order valence-corrected chi connectivity index (χ0v) is 28.3. The number of halogens is 1. The quantitative estimate of drug-likeness (QED) is 0.145. The topological polar surface area (TPSA) is 127 Å². The number of rotatable bonds is 13. The lowest BCUT2D eigenvalue weighted by Gasteiger charge is -2.12. The van der Waals surface area contributed by atoms with E-state index in [-0.39, 0.29) is 24.7 Å². The number of benzene rings is 2. The SMILES string of the molecule is CCN=C=NCCCN(C)C.COc1cc2ncnc(Oc3ccc(CC(=O)Nc4ccc(N(C)C)cn4)cc3)c2cc1OC.Cl. The fraction of sp³-hybridized carbons (Fsp3) is 0.364. The molecule has 13 heteroatoms. The zero-order valence-electron chi connectivity index (χ0n) is 27.5. The monoisotopic (exact) mass is 650 g/mol. The molecule has 12 nitrogen and oxygen atoms in total. The van der Waals surface area contributed by atoms with Crippen molar-refractivity contribution in [2.75, 3.05) is 72.3 Å². The third kappa shape index (κ3) is 12.0. The molecule has 246 valence electrons. The van der Waals surface area contributed by atoms with E-state index >= 15 is 0 Å². The highest BCUT2D eigenvalue weighted by atomic mass is 35.5. The van der Waals surface area contributed by atoms with E-state index in [1.807, 2.05) is 44.1 Å². The van der Waals surface area contributed by atoms with E-state index in [2.05, 4.69) is 55.3 Å². The third-order valence-corrected chi connectivity index (χ3v) is 6.31. The molecule has 0 saturated carbocycles. The molecule has 0 spiro atoms. The number of hydrogen-bond acceptors (Lipinski definition) is 11.